The molecule has 1 fully saturated rings. The molecule has 0 atom stereocenters. The minimum Gasteiger partial charge on any atom is -0.342 e. The van der Waals surface area contributed by atoms with Crippen LogP contribution >= 0.6 is 23.4 Å². The zero-order chi connectivity index (χ0) is 23.8. The summed E-state index contributed by atoms with van der Waals surface area (Å²) in [7, 11) is 0. The Balaban J connectivity index is 1.49. The van der Waals surface area contributed by atoms with E-state index >= 15 is 0 Å². The molecule has 0 spiro atoms. The van der Waals surface area contributed by atoms with Crippen molar-refractivity contribution < 1.29 is 14.0 Å². The van der Waals surface area contributed by atoms with Gasteiger partial charge in [-0.15, -0.1) is 0 Å². The molecule has 4 nitrogen and oxygen atoms in total. The van der Waals surface area contributed by atoms with Crippen molar-refractivity contribution in [2.75, 3.05) is 0 Å². The summed E-state index contributed by atoms with van der Waals surface area (Å²) in [5, 5.41) is 0.971. The van der Waals surface area contributed by atoms with Gasteiger partial charge >= 0.3 is 0 Å². The monoisotopic (exact) mass is 490 g/mol. The van der Waals surface area contributed by atoms with Gasteiger partial charge in [0.05, 0.1) is 18.0 Å². The van der Waals surface area contributed by atoms with Crippen LogP contribution in [0, 0.1) is 12.7 Å². The fourth-order valence-corrected chi connectivity index (χ4v) is 5.16. The minimum absolute atomic E-state index is 0.238. The number of fused-ring (bicyclic) bond motifs is 1. The lowest BCUT2D eigenvalue weighted by atomic mass is 10.1. The van der Waals surface area contributed by atoms with Gasteiger partial charge in [-0.3, -0.25) is 14.5 Å². The van der Waals surface area contributed by atoms with Gasteiger partial charge in [-0.1, -0.05) is 60.1 Å². The summed E-state index contributed by atoms with van der Waals surface area (Å²) in [6.07, 6.45) is 3.60. The number of hydrogen-bond acceptors (Lipinski definition) is 3. The highest BCUT2D eigenvalue weighted by Gasteiger charge is 2.35. The number of carbonyl (C=O) groups is 2. The fraction of sp³-hybridized carbons (Fsp3) is 0.111. The maximum Gasteiger partial charge on any atom is 0.293 e. The number of hydrogen-bond donors (Lipinski definition) is 0. The second kappa shape index (κ2) is 9.12. The summed E-state index contributed by atoms with van der Waals surface area (Å²) in [5.74, 6) is -0.684. The molecule has 4 aromatic rings. The van der Waals surface area contributed by atoms with Crippen LogP contribution in [0.2, 0.25) is 5.02 Å². The van der Waals surface area contributed by atoms with Gasteiger partial charge in [-0.2, -0.15) is 0 Å². The van der Waals surface area contributed by atoms with E-state index in [1.54, 1.807) is 18.2 Å². The third-order valence-corrected chi connectivity index (χ3v) is 7.22. The highest BCUT2D eigenvalue weighted by molar-refractivity contribution is 8.18. The van der Waals surface area contributed by atoms with Crippen LogP contribution in [0.15, 0.2) is 77.8 Å². The van der Waals surface area contributed by atoms with Crippen LogP contribution < -0.4 is 0 Å². The standard InChI is InChI=1S/C27H20ClFN2O2S/c1-17-7-2-3-8-18(17)15-31-26(32)25(34-27(31)33)13-19-14-30(24-12-5-4-9-20(19)24)16-21-22(28)10-6-11-23(21)29/h2-14H,15-16H2,1H3/b25-13-. The molecule has 0 bridgehead atoms. The average Bonchev–Trinajstić information content (AvgIpc) is 3.30. The molecule has 7 heteroatoms. The van der Waals surface area contributed by atoms with Gasteiger partial charge in [-0.25, -0.2) is 4.39 Å². The normalized spacial score (nSPS) is 15.1. The third kappa shape index (κ3) is 4.15. The molecule has 3 aromatic carbocycles. The van der Waals surface area contributed by atoms with E-state index in [0.29, 0.717) is 15.5 Å². The summed E-state index contributed by atoms with van der Waals surface area (Å²) in [5.41, 5.74) is 4.02. The Hall–Kier alpha value is -3.35. The number of nitrogens with zero attached hydrogens (tertiary/aromatic N) is 2. The number of halogens is 2. The molecular weight excluding hydrogens is 471 g/mol. The molecule has 5 rings (SSSR count). The maximum atomic E-state index is 14.4. The number of para-hydroxylation sites is 1. The van der Waals surface area contributed by atoms with E-state index in [-0.39, 0.29) is 30.1 Å². The largest absolute Gasteiger partial charge is 0.342 e. The molecule has 1 aliphatic rings. The minimum atomic E-state index is -0.371. The first-order chi connectivity index (χ1) is 16.4. The van der Waals surface area contributed by atoms with E-state index in [2.05, 4.69) is 0 Å². The summed E-state index contributed by atoms with van der Waals surface area (Å²) in [4.78, 5) is 27.4. The molecule has 34 heavy (non-hydrogen) atoms. The molecular formula is C27H20ClFN2O2S. The van der Waals surface area contributed by atoms with Gasteiger partial charge in [0.15, 0.2) is 0 Å². The quantitative estimate of drug-likeness (QED) is 0.282. The van der Waals surface area contributed by atoms with Crippen LogP contribution in [0.5, 0.6) is 0 Å². The molecule has 1 aliphatic heterocycles. The van der Waals surface area contributed by atoms with E-state index in [9.17, 15) is 14.0 Å². The van der Waals surface area contributed by atoms with Crippen molar-refractivity contribution in [1.29, 1.82) is 0 Å². The highest BCUT2D eigenvalue weighted by atomic mass is 35.5. The number of aryl methyl sites for hydroxylation is 1. The second-order valence-electron chi connectivity index (χ2n) is 8.12. The highest BCUT2D eigenvalue weighted by Crippen LogP contribution is 2.35. The van der Waals surface area contributed by atoms with Gasteiger partial charge in [0.25, 0.3) is 11.1 Å². The van der Waals surface area contributed by atoms with E-state index in [1.807, 2.05) is 66.2 Å². The Bertz CT molecular complexity index is 1460. The van der Waals surface area contributed by atoms with Gasteiger partial charge in [0.1, 0.15) is 5.82 Å². The van der Waals surface area contributed by atoms with E-state index in [0.717, 1.165) is 39.4 Å². The lowest BCUT2D eigenvalue weighted by Crippen LogP contribution is -2.27. The van der Waals surface area contributed by atoms with Crippen molar-refractivity contribution in [3.63, 3.8) is 0 Å². The number of carbonyl (C=O) groups excluding carboxylic acids is 2. The molecule has 0 unspecified atom stereocenters. The first-order valence-corrected chi connectivity index (χ1v) is 11.9. The third-order valence-electron chi connectivity index (χ3n) is 5.96. The Morgan fingerprint density at radius 1 is 0.971 bits per heavy atom. The second-order valence-corrected chi connectivity index (χ2v) is 9.52. The van der Waals surface area contributed by atoms with Gasteiger partial charge in [0, 0.05) is 33.2 Å². The molecule has 2 heterocycles. The Kier molecular flexibility index (Phi) is 6.02. The molecule has 0 aliphatic carbocycles. The van der Waals surface area contributed by atoms with Crippen molar-refractivity contribution >= 4 is 51.5 Å². The molecule has 0 saturated carbocycles. The number of rotatable bonds is 5. The summed E-state index contributed by atoms with van der Waals surface area (Å²) in [6, 6.07) is 20.0. The predicted octanol–water partition coefficient (Wildman–Crippen LogP) is 7.03. The zero-order valence-corrected chi connectivity index (χ0v) is 19.9. The van der Waals surface area contributed by atoms with Crippen LogP contribution in [-0.4, -0.2) is 20.6 Å². The molecule has 1 aromatic heterocycles. The number of imide groups is 1. The molecule has 0 N–H and O–H groups in total. The van der Waals surface area contributed by atoms with Gasteiger partial charge < -0.3 is 4.57 Å². The first-order valence-electron chi connectivity index (χ1n) is 10.7. The first kappa shape index (κ1) is 22.4. The fourth-order valence-electron chi connectivity index (χ4n) is 4.11. The Morgan fingerprint density at radius 3 is 2.53 bits per heavy atom. The van der Waals surface area contributed by atoms with Crippen LogP contribution in [-0.2, 0) is 17.9 Å². The van der Waals surface area contributed by atoms with Crippen LogP contribution in [0.25, 0.3) is 17.0 Å². The number of thioether (sulfide) groups is 1. The SMILES string of the molecule is Cc1ccccc1CN1C(=O)S/C(=C\c2cn(Cc3c(F)cccc3Cl)c3ccccc23)C1=O. The summed E-state index contributed by atoms with van der Waals surface area (Å²) >= 11 is 7.18. The Morgan fingerprint density at radius 2 is 1.74 bits per heavy atom. The summed E-state index contributed by atoms with van der Waals surface area (Å²) < 4.78 is 16.3. The molecule has 0 radical (unpaired) electrons. The predicted molar refractivity (Wildman–Crippen MR) is 135 cm³/mol. The van der Waals surface area contributed by atoms with Crippen LogP contribution in [0.4, 0.5) is 9.18 Å². The van der Waals surface area contributed by atoms with Crippen molar-refractivity contribution in [3.05, 3.63) is 111 Å². The van der Waals surface area contributed by atoms with Crippen LogP contribution in [0.3, 0.4) is 0 Å². The van der Waals surface area contributed by atoms with Crippen molar-refractivity contribution in [3.8, 4) is 0 Å². The molecule has 2 amide bonds. The molecule has 170 valence electrons. The van der Waals surface area contributed by atoms with Crippen molar-refractivity contribution in [2.45, 2.75) is 20.0 Å². The smallest absolute Gasteiger partial charge is 0.293 e. The van der Waals surface area contributed by atoms with Gasteiger partial charge in [-0.05, 0) is 54.1 Å². The lowest BCUT2D eigenvalue weighted by Gasteiger charge is -2.14. The lowest BCUT2D eigenvalue weighted by molar-refractivity contribution is -0.123. The number of benzene rings is 3. The van der Waals surface area contributed by atoms with E-state index in [1.165, 1.54) is 11.0 Å². The van der Waals surface area contributed by atoms with E-state index in [4.69, 9.17) is 11.6 Å². The zero-order valence-electron chi connectivity index (χ0n) is 18.3. The number of amides is 2. The van der Waals surface area contributed by atoms with Crippen molar-refractivity contribution in [1.82, 2.24) is 9.47 Å². The van der Waals surface area contributed by atoms with Crippen molar-refractivity contribution in [2.24, 2.45) is 0 Å². The summed E-state index contributed by atoms with van der Waals surface area (Å²) in [6.45, 7) is 2.44. The Labute approximate surface area is 205 Å². The maximum absolute atomic E-state index is 14.4. The van der Waals surface area contributed by atoms with Crippen LogP contribution in [0.1, 0.15) is 22.3 Å². The van der Waals surface area contributed by atoms with Gasteiger partial charge in [0.2, 0.25) is 0 Å². The average molecular weight is 491 g/mol. The van der Waals surface area contributed by atoms with E-state index < -0.39 is 0 Å². The topological polar surface area (TPSA) is 42.3 Å². The number of aromatic nitrogens is 1. The molecule has 1 saturated heterocycles.